The summed E-state index contributed by atoms with van der Waals surface area (Å²) in [4.78, 5) is 32.8. The highest BCUT2D eigenvalue weighted by Gasteiger charge is 2.24. The number of methoxy groups -OCH3 is 2. The van der Waals surface area contributed by atoms with Crippen molar-refractivity contribution >= 4 is 46.4 Å². The molecule has 0 atom stereocenters. The van der Waals surface area contributed by atoms with Crippen LogP contribution < -0.4 is 9.47 Å². The van der Waals surface area contributed by atoms with E-state index in [9.17, 15) is 9.59 Å². The maximum absolute atomic E-state index is 13.7. The molecular formula is C29H34Cl2N2O4S. The van der Waals surface area contributed by atoms with E-state index in [1.165, 1.54) is 4.88 Å². The lowest BCUT2D eigenvalue weighted by Crippen LogP contribution is -2.44. The van der Waals surface area contributed by atoms with Crippen molar-refractivity contribution in [3.63, 3.8) is 0 Å². The van der Waals surface area contributed by atoms with Crippen LogP contribution in [0.5, 0.6) is 11.5 Å². The van der Waals surface area contributed by atoms with Crippen molar-refractivity contribution in [1.82, 2.24) is 9.80 Å². The fraction of sp³-hybridized carbons (Fsp3) is 0.379. The highest BCUT2D eigenvalue weighted by Crippen LogP contribution is 2.28. The van der Waals surface area contributed by atoms with Gasteiger partial charge in [-0.05, 0) is 67.3 Å². The predicted molar refractivity (Wildman–Crippen MR) is 155 cm³/mol. The van der Waals surface area contributed by atoms with Crippen molar-refractivity contribution in [2.24, 2.45) is 5.92 Å². The van der Waals surface area contributed by atoms with Gasteiger partial charge in [0, 0.05) is 28.4 Å². The molecule has 0 aliphatic heterocycles. The van der Waals surface area contributed by atoms with E-state index in [-0.39, 0.29) is 24.3 Å². The molecule has 3 aromatic rings. The highest BCUT2D eigenvalue weighted by molar-refractivity contribution is 7.11. The first-order valence-corrected chi connectivity index (χ1v) is 14.0. The summed E-state index contributed by atoms with van der Waals surface area (Å²) in [5, 5.41) is 0.681. The summed E-state index contributed by atoms with van der Waals surface area (Å²) >= 11 is 13.9. The summed E-state index contributed by atoms with van der Waals surface area (Å²) in [5.74, 6) is 1.10. The van der Waals surface area contributed by atoms with Crippen LogP contribution in [0, 0.1) is 12.8 Å². The van der Waals surface area contributed by atoms with Gasteiger partial charge in [-0.3, -0.25) is 9.59 Å². The molecule has 0 unspecified atom stereocenters. The minimum atomic E-state index is -0.252. The van der Waals surface area contributed by atoms with E-state index in [0.29, 0.717) is 53.2 Å². The van der Waals surface area contributed by atoms with Gasteiger partial charge in [0.25, 0.3) is 5.91 Å². The Bertz CT molecular complexity index is 1260. The average molecular weight is 578 g/mol. The largest absolute Gasteiger partial charge is 0.493 e. The Morgan fingerprint density at radius 1 is 0.921 bits per heavy atom. The summed E-state index contributed by atoms with van der Waals surface area (Å²) in [7, 11) is 3.20. The predicted octanol–water partition coefficient (Wildman–Crippen LogP) is 6.75. The van der Waals surface area contributed by atoms with E-state index in [0.717, 1.165) is 10.4 Å². The SMILES string of the molecule is COc1ccc(CCN(Cc2ccc(C)s2)C(=O)CN(CC(C)C)C(=O)c2ccc(Cl)c(Cl)c2)cc1OC. The molecule has 0 saturated carbocycles. The minimum Gasteiger partial charge on any atom is -0.493 e. The lowest BCUT2D eigenvalue weighted by molar-refractivity contribution is -0.132. The molecule has 38 heavy (non-hydrogen) atoms. The Morgan fingerprint density at radius 3 is 2.26 bits per heavy atom. The van der Waals surface area contributed by atoms with Gasteiger partial charge in [-0.15, -0.1) is 11.3 Å². The Kier molecular flexibility index (Phi) is 10.9. The molecule has 6 nitrogen and oxygen atoms in total. The number of thiophene rings is 1. The van der Waals surface area contributed by atoms with Crippen LogP contribution in [0.2, 0.25) is 10.0 Å². The number of nitrogens with zero attached hydrogens (tertiary/aromatic N) is 2. The summed E-state index contributed by atoms with van der Waals surface area (Å²) in [6, 6.07) is 14.6. The van der Waals surface area contributed by atoms with Crippen molar-refractivity contribution in [2.45, 2.75) is 33.7 Å². The molecule has 1 heterocycles. The van der Waals surface area contributed by atoms with E-state index < -0.39 is 0 Å². The number of halogens is 2. The molecule has 0 aliphatic carbocycles. The second-order valence-electron chi connectivity index (χ2n) is 9.48. The zero-order valence-electron chi connectivity index (χ0n) is 22.4. The Balaban J connectivity index is 1.82. The fourth-order valence-corrected chi connectivity index (χ4v) is 5.29. The average Bonchev–Trinajstić information content (AvgIpc) is 3.31. The van der Waals surface area contributed by atoms with Gasteiger partial charge in [0.2, 0.25) is 5.91 Å². The third kappa shape index (κ3) is 8.13. The first-order chi connectivity index (χ1) is 18.1. The first-order valence-electron chi connectivity index (χ1n) is 12.4. The van der Waals surface area contributed by atoms with Crippen molar-refractivity contribution in [3.8, 4) is 11.5 Å². The number of carbonyl (C=O) groups excluding carboxylic acids is 2. The van der Waals surface area contributed by atoms with Gasteiger partial charge in [0.1, 0.15) is 6.54 Å². The molecule has 3 rings (SSSR count). The third-order valence-corrected chi connectivity index (χ3v) is 7.70. The molecule has 2 amide bonds. The standard InChI is InChI=1S/C29H34Cl2N2O4S/c1-19(2)16-33(29(35)22-8-10-24(30)25(31)15-22)18-28(34)32(17-23-9-6-20(3)38-23)13-12-21-7-11-26(36-4)27(14-21)37-5/h6-11,14-15,19H,12-13,16-18H2,1-5H3. The molecule has 1 aromatic heterocycles. The molecule has 0 aliphatic rings. The maximum atomic E-state index is 13.7. The molecule has 0 bridgehead atoms. The van der Waals surface area contributed by atoms with Crippen molar-refractivity contribution < 1.29 is 19.1 Å². The summed E-state index contributed by atoms with van der Waals surface area (Å²) in [5.41, 5.74) is 1.42. The van der Waals surface area contributed by atoms with E-state index >= 15 is 0 Å². The van der Waals surface area contributed by atoms with Crippen LogP contribution in [0.15, 0.2) is 48.5 Å². The molecular weight excluding hydrogens is 543 g/mol. The smallest absolute Gasteiger partial charge is 0.254 e. The molecule has 0 N–H and O–H groups in total. The molecule has 204 valence electrons. The lowest BCUT2D eigenvalue weighted by Gasteiger charge is -2.29. The van der Waals surface area contributed by atoms with Crippen LogP contribution in [0.25, 0.3) is 0 Å². The number of aryl methyl sites for hydroxylation is 1. The van der Waals surface area contributed by atoms with Crippen LogP contribution in [-0.4, -0.2) is 55.5 Å². The quantitative estimate of drug-likeness (QED) is 0.239. The van der Waals surface area contributed by atoms with Crippen molar-refractivity contribution in [2.75, 3.05) is 33.9 Å². The molecule has 0 radical (unpaired) electrons. The van der Waals surface area contributed by atoms with E-state index in [2.05, 4.69) is 6.07 Å². The van der Waals surface area contributed by atoms with E-state index in [1.807, 2.05) is 49.9 Å². The first kappa shape index (κ1) is 29.8. The topological polar surface area (TPSA) is 59.1 Å². The summed E-state index contributed by atoms with van der Waals surface area (Å²) in [6.45, 7) is 7.44. The summed E-state index contributed by atoms with van der Waals surface area (Å²) in [6.07, 6.45) is 0.626. The third-order valence-electron chi connectivity index (χ3n) is 5.98. The Labute approximate surface area is 239 Å². The Morgan fingerprint density at radius 2 is 1.66 bits per heavy atom. The number of carbonyl (C=O) groups is 2. The van der Waals surface area contributed by atoms with Crippen LogP contribution >= 0.6 is 34.5 Å². The molecule has 9 heteroatoms. The number of benzene rings is 2. The number of rotatable bonds is 12. The monoisotopic (exact) mass is 576 g/mol. The van der Waals surface area contributed by atoms with Crippen LogP contribution in [0.1, 0.15) is 39.5 Å². The maximum Gasteiger partial charge on any atom is 0.254 e. The zero-order valence-corrected chi connectivity index (χ0v) is 24.8. The Hall–Kier alpha value is -2.74. The van der Waals surface area contributed by atoms with Crippen molar-refractivity contribution in [1.29, 1.82) is 0 Å². The van der Waals surface area contributed by atoms with Gasteiger partial charge in [-0.2, -0.15) is 0 Å². The van der Waals surface area contributed by atoms with Gasteiger partial charge in [-0.1, -0.05) is 43.1 Å². The van der Waals surface area contributed by atoms with Gasteiger partial charge in [-0.25, -0.2) is 0 Å². The van der Waals surface area contributed by atoms with E-state index in [1.54, 1.807) is 48.7 Å². The molecule has 0 saturated heterocycles. The molecule has 0 spiro atoms. The van der Waals surface area contributed by atoms with Crippen molar-refractivity contribution in [3.05, 3.63) is 79.5 Å². The van der Waals surface area contributed by atoms with Gasteiger partial charge in [0.15, 0.2) is 11.5 Å². The lowest BCUT2D eigenvalue weighted by atomic mass is 10.1. The normalized spacial score (nSPS) is 10.9. The zero-order chi connectivity index (χ0) is 27.8. The van der Waals surface area contributed by atoms with Gasteiger partial charge in [0.05, 0.1) is 30.8 Å². The number of ether oxygens (including phenoxy) is 2. The molecule has 0 fully saturated rings. The van der Waals surface area contributed by atoms with Gasteiger partial charge < -0.3 is 19.3 Å². The van der Waals surface area contributed by atoms with Crippen LogP contribution in [-0.2, 0) is 17.8 Å². The van der Waals surface area contributed by atoms with Crippen LogP contribution in [0.3, 0.4) is 0 Å². The minimum absolute atomic E-state index is 0.0342. The van der Waals surface area contributed by atoms with Crippen LogP contribution in [0.4, 0.5) is 0 Å². The highest BCUT2D eigenvalue weighted by atomic mass is 35.5. The number of amides is 2. The summed E-state index contributed by atoms with van der Waals surface area (Å²) < 4.78 is 10.8. The van der Waals surface area contributed by atoms with E-state index in [4.69, 9.17) is 32.7 Å². The number of hydrogen-bond acceptors (Lipinski definition) is 5. The fourth-order valence-electron chi connectivity index (χ4n) is 4.09. The molecule has 2 aromatic carbocycles. The second-order valence-corrected chi connectivity index (χ2v) is 11.7. The number of hydrogen-bond donors (Lipinski definition) is 0. The second kappa shape index (κ2) is 13.9. The van der Waals surface area contributed by atoms with Gasteiger partial charge >= 0.3 is 0 Å².